The van der Waals surface area contributed by atoms with Gasteiger partial charge in [-0.1, -0.05) is 12.1 Å². The van der Waals surface area contributed by atoms with Crippen LogP contribution in [0.4, 0.5) is 14.0 Å². The van der Waals surface area contributed by atoms with Crippen LogP contribution in [-0.2, 0) is 14.2 Å². The van der Waals surface area contributed by atoms with E-state index in [0.717, 1.165) is 37.7 Å². The molecule has 0 saturated carbocycles. The van der Waals surface area contributed by atoms with Crippen molar-refractivity contribution >= 4 is 12.1 Å². The van der Waals surface area contributed by atoms with Crippen LogP contribution in [0.1, 0.15) is 57.6 Å². The lowest BCUT2D eigenvalue weighted by Gasteiger charge is -2.38. The molecule has 5 unspecified atom stereocenters. The standard InChI is InChI=1S/C28H45FN4O5/c1-19-13-21(14-20(2)38-19)15-25(17-30-3)32-27(34)33-11-6-8-23(18-33)26(22-7-5-9-24(29)16-22)37-12-10-31-28(35)36-4/h5,7,9,16,19-21,23,25-26,30H,6,8,10-15,17-18H2,1-4H3,(H,31,35)(H,32,34). The molecular formula is C28H45FN4O5. The number of nitrogens with one attached hydrogen (secondary N) is 3. The number of hydrogen-bond donors (Lipinski definition) is 3. The maximum atomic E-state index is 14.1. The van der Waals surface area contributed by atoms with E-state index >= 15 is 0 Å². The van der Waals surface area contributed by atoms with E-state index < -0.39 is 12.2 Å². The molecule has 3 rings (SSSR count). The lowest BCUT2D eigenvalue weighted by Crippen LogP contribution is -2.52. The lowest BCUT2D eigenvalue weighted by atomic mass is 9.87. The van der Waals surface area contributed by atoms with Crippen LogP contribution in [0.25, 0.3) is 0 Å². The first-order valence-electron chi connectivity index (χ1n) is 13.8. The van der Waals surface area contributed by atoms with Gasteiger partial charge < -0.3 is 35.1 Å². The van der Waals surface area contributed by atoms with Crippen molar-refractivity contribution in [2.75, 3.05) is 46.9 Å². The third kappa shape index (κ3) is 9.39. The number of rotatable bonds is 11. The van der Waals surface area contributed by atoms with Crippen LogP contribution >= 0.6 is 0 Å². The molecule has 3 N–H and O–H groups in total. The highest BCUT2D eigenvalue weighted by Gasteiger charge is 2.33. The minimum atomic E-state index is -0.530. The molecule has 2 heterocycles. The summed E-state index contributed by atoms with van der Waals surface area (Å²) in [5.41, 5.74) is 0.728. The molecule has 9 nitrogen and oxygen atoms in total. The van der Waals surface area contributed by atoms with E-state index in [-0.39, 0.29) is 49.2 Å². The van der Waals surface area contributed by atoms with Gasteiger partial charge in [0.25, 0.3) is 0 Å². The first kappa shape index (κ1) is 30.1. The van der Waals surface area contributed by atoms with Gasteiger partial charge in [0, 0.05) is 38.1 Å². The lowest BCUT2D eigenvalue weighted by molar-refractivity contribution is -0.0547. The van der Waals surface area contributed by atoms with Gasteiger partial charge >= 0.3 is 12.1 Å². The minimum Gasteiger partial charge on any atom is -0.453 e. The van der Waals surface area contributed by atoms with Crippen LogP contribution in [0.5, 0.6) is 0 Å². The van der Waals surface area contributed by atoms with Crippen molar-refractivity contribution < 1.29 is 28.2 Å². The Bertz CT molecular complexity index is 881. The van der Waals surface area contributed by atoms with Gasteiger partial charge in [0.2, 0.25) is 0 Å². The van der Waals surface area contributed by atoms with E-state index in [9.17, 15) is 14.0 Å². The van der Waals surface area contributed by atoms with Gasteiger partial charge in [-0.3, -0.25) is 0 Å². The number of methoxy groups -OCH3 is 1. The summed E-state index contributed by atoms with van der Waals surface area (Å²) in [6, 6.07) is 6.35. The van der Waals surface area contributed by atoms with Crippen molar-refractivity contribution in [2.45, 2.75) is 70.3 Å². The van der Waals surface area contributed by atoms with Crippen LogP contribution in [0, 0.1) is 17.7 Å². The van der Waals surface area contributed by atoms with Gasteiger partial charge in [-0.05, 0) is 76.6 Å². The fourth-order valence-corrected chi connectivity index (χ4v) is 5.88. The summed E-state index contributed by atoms with van der Waals surface area (Å²) in [7, 11) is 3.21. The second-order valence-corrected chi connectivity index (χ2v) is 10.6. The predicted octanol–water partition coefficient (Wildman–Crippen LogP) is 3.84. The molecule has 214 valence electrons. The number of carbonyl (C=O) groups is 2. The second kappa shape index (κ2) is 15.2. The van der Waals surface area contributed by atoms with Crippen molar-refractivity contribution in [2.24, 2.45) is 11.8 Å². The molecule has 2 aliphatic rings. The zero-order chi connectivity index (χ0) is 27.5. The summed E-state index contributed by atoms with van der Waals surface area (Å²) < 4.78 is 30.7. The van der Waals surface area contributed by atoms with Crippen molar-refractivity contribution in [3.05, 3.63) is 35.6 Å². The fourth-order valence-electron chi connectivity index (χ4n) is 5.88. The van der Waals surface area contributed by atoms with Crippen LogP contribution in [0.3, 0.4) is 0 Å². The average Bonchev–Trinajstić information content (AvgIpc) is 2.88. The summed E-state index contributed by atoms with van der Waals surface area (Å²) in [6.07, 6.45) is 4.14. The normalized spacial score (nSPS) is 25.3. The Morgan fingerprint density at radius 1 is 1.24 bits per heavy atom. The van der Waals surface area contributed by atoms with E-state index in [1.54, 1.807) is 6.07 Å². The van der Waals surface area contributed by atoms with Crippen molar-refractivity contribution in [3.63, 3.8) is 0 Å². The molecule has 1 aromatic rings. The monoisotopic (exact) mass is 536 g/mol. The molecule has 0 bridgehead atoms. The maximum absolute atomic E-state index is 14.1. The Morgan fingerprint density at radius 3 is 2.68 bits per heavy atom. The number of nitrogens with zero attached hydrogens (tertiary/aromatic N) is 1. The molecule has 0 spiro atoms. The first-order chi connectivity index (χ1) is 18.3. The van der Waals surface area contributed by atoms with Gasteiger partial charge in [-0.2, -0.15) is 0 Å². The maximum Gasteiger partial charge on any atom is 0.406 e. The summed E-state index contributed by atoms with van der Waals surface area (Å²) in [6.45, 7) is 6.62. The third-order valence-corrected chi connectivity index (χ3v) is 7.40. The highest BCUT2D eigenvalue weighted by atomic mass is 19.1. The number of piperidine rings is 1. The first-order valence-corrected chi connectivity index (χ1v) is 13.8. The summed E-state index contributed by atoms with van der Waals surface area (Å²) in [5, 5.41) is 9.09. The Labute approximate surface area is 226 Å². The zero-order valence-corrected chi connectivity index (χ0v) is 23.2. The van der Waals surface area contributed by atoms with E-state index in [2.05, 4.69) is 34.5 Å². The number of ether oxygens (including phenoxy) is 3. The van der Waals surface area contributed by atoms with Gasteiger partial charge in [-0.25, -0.2) is 14.0 Å². The van der Waals surface area contributed by atoms with Crippen molar-refractivity contribution in [3.8, 4) is 0 Å². The largest absolute Gasteiger partial charge is 0.453 e. The number of likely N-dealkylation sites (tertiary alicyclic amines) is 1. The highest BCUT2D eigenvalue weighted by Crippen LogP contribution is 2.33. The van der Waals surface area contributed by atoms with Gasteiger partial charge in [0.05, 0.1) is 32.0 Å². The van der Waals surface area contributed by atoms with Gasteiger partial charge in [-0.15, -0.1) is 0 Å². The molecule has 1 aromatic carbocycles. The average molecular weight is 537 g/mol. The molecule has 3 amide bonds. The number of urea groups is 1. The quantitative estimate of drug-likeness (QED) is 0.372. The van der Waals surface area contributed by atoms with Crippen LogP contribution in [0.15, 0.2) is 24.3 Å². The molecular weight excluding hydrogens is 491 g/mol. The van der Waals surface area contributed by atoms with Crippen molar-refractivity contribution in [1.82, 2.24) is 20.9 Å². The van der Waals surface area contributed by atoms with E-state index in [1.165, 1.54) is 19.2 Å². The number of hydrogen-bond acceptors (Lipinski definition) is 6. The predicted molar refractivity (Wildman–Crippen MR) is 143 cm³/mol. The Kier molecular flexibility index (Phi) is 12.1. The molecule has 2 saturated heterocycles. The molecule has 0 radical (unpaired) electrons. The van der Waals surface area contributed by atoms with E-state index in [1.807, 2.05) is 18.0 Å². The third-order valence-electron chi connectivity index (χ3n) is 7.40. The molecule has 10 heteroatoms. The topological polar surface area (TPSA) is 101 Å². The smallest absolute Gasteiger partial charge is 0.406 e. The number of likely N-dealkylation sites (N-methyl/N-ethyl adjacent to an activating group) is 1. The highest BCUT2D eigenvalue weighted by molar-refractivity contribution is 5.74. The van der Waals surface area contributed by atoms with E-state index in [0.29, 0.717) is 25.6 Å². The molecule has 2 aliphatic heterocycles. The number of alkyl carbamates (subject to hydrolysis) is 1. The summed E-state index contributed by atoms with van der Waals surface area (Å²) in [5.74, 6) is 0.168. The second-order valence-electron chi connectivity index (χ2n) is 10.6. The molecule has 5 atom stereocenters. The Morgan fingerprint density at radius 2 is 2.00 bits per heavy atom. The van der Waals surface area contributed by atoms with Gasteiger partial charge in [0.1, 0.15) is 5.82 Å². The van der Waals surface area contributed by atoms with E-state index in [4.69, 9.17) is 9.47 Å². The molecule has 0 aliphatic carbocycles. The van der Waals surface area contributed by atoms with Crippen molar-refractivity contribution in [1.29, 1.82) is 0 Å². The minimum absolute atomic E-state index is 0.00521. The molecule has 0 aromatic heterocycles. The van der Waals surface area contributed by atoms with Gasteiger partial charge in [0.15, 0.2) is 0 Å². The number of carbonyl (C=O) groups excluding carboxylic acids is 2. The molecule has 38 heavy (non-hydrogen) atoms. The zero-order valence-electron chi connectivity index (χ0n) is 23.2. The summed E-state index contributed by atoms with van der Waals surface area (Å²) in [4.78, 5) is 26.6. The number of amides is 3. The summed E-state index contributed by atoms with van der Waals surface area (Å²) >= 11 is 0. The fraction of sp³-hybridized carbons (Fsp3) is 0.714. The number of benzene rings is 1. The van der Waals surface area contributed by atoms with Crippen LogP contribution in [0.2, 0.25) is 0 Å². The van der Waals surface area contributed by atoms with Crippen LogP contribution < -0.4 is 16.0 Å². The Balaban J connectivity index is 1.63. The van der Waals surface area contributed by atoms with Crippen LogP contribution in [-0.4, -0.2) is 82.2 Å². The Hall–Kier alpha value is -2.43. The molecule has 2 fully saturated rings. The number of halogens is 1. The SMILES string of the molecule is CNCC(CC1CC(C)OC(C)C1)NC(=O)N1CCCC(C(OCCNC(=O)OC)c2cccc(F)c2)C1.